The van der Waals surface area contributed by atoms with Gasteiger partial charge in [0.05, 0.1) is 7.11 Å². The van der Waals surface area contributed by atoms with Crippen LogP contribution in [0.5, 0.6) is 5.75 Å². The largest absolute Gasteiger partial charge is 0.497 e. The lowest BCUT2D eigenvalue weighted by Gasteiger charge is -2.12. The fourth-order valence-electron chi connectivity index (χ4n) is 3.61. The first-order valence-electron chi connectivity index (χ1n) is 11.2. The van der Waals surface area contributed by atoms with Crippen molar-refractivity contribution in [3.05, 3.63) is 108 Å². The van der Waals surface area contributed by atoms with E-state index < -0.39 is 0 Å². The summed E-state index contributed by atoms with van der Waals surface area (Å²) in [4.78, 5) is 20.9. The maximum atomic E-state index is 12.4. The third kappa shape index (κ3) is 7.72. The lowest BCUT2D eigenvalue weighted by atomic mass is 9.98. The van der Waals surface area contributed by atoms with Gasteiger partial charge in [0, 0.05) is 42.5 Å². The van der Waals surface area contributed by atoms with Crippen LogP contribution in [-0.2, 0) is 11.2 Å². The Hall–Kier alpha value is -3.73. The fourth-order valence-corrected chi connectivity index (χ4v) is 3.61. The van der Waals surface area contributed by atoms with Crippen LogP contribution in [0.3, 0.4) is 0 Å². The number of nitrogens with zero attached hydrogens (tertiary/aromatic N) is 2. The number of hydrogen-bond acceptors (Lipinski definition) is 4. The van der Waals surface area contributed by atoms with E-state index in [0.717, 1.165) is 41.7 Å². The molecule has 2 aromatic heterocycles. The van der Waals surface area contributed by atoms with Crippen LogP contribution < -0.4 is 10.1 Å². The number of methoxy groups -OCH3 is 1. The molecule has 0 saturated heterocycles. The Morgan fingerprint density at radius 3 is 2.61 bits per heavy atom. The Bertz CT molecular complexity index is 1090. The second kappa shape index (κ2) is 12.3. The van der Waals surface area contributed by atoms with Gasteiger partial charge in [0.1, 0.15) is 5.75 Å². The normalized spacial score (nSPS) is 12.5. The Balaban J connectivity index is 1.59. The number of rotatable bonds is 10. The fraction of sp³-hybridized carbons (Fsp3) is 0.250. The molecule has 0 fully saturated rings. The average molecular weight is 442 g/mol. The molecule has 1 N–H and O–H groups in total. The van der Waals surface area contributed by atoms with Crippen molar-refractivity contribution >= 4 is 11.5 Å². The molecule has 0 saturated carbocycles. The van der Waals surface area contributed by atoms with Crippen LogP contribution in [0.25, 0.3) is 5.57 Å². The summed E-state index contributed by atoms with van der Waals surface area (Å²) in [6.07, 6.45) is 15.5. The highest BCUT2D eigenvalue weighted by molar-refractivity contribution is 5.89. The maximum Gasteiger partial charge on any atom is 0.244 e. The summed E-state index contributed by atoms with van der Waals surface area (Å²) in [6, 6.07) is 14.0. The van der Waals surface area contributed by atoms with Gasteiger partial charge in [-0.05, 0) is 73.6 Å². The van der Waals surface area contributed by atoms with Gasteiger partial charge in [-0.25, -0.2) is 0 Å². The monoisotopic (exact) mass is 441 g/mol. The third-order valence-corrected chi connectivity index (χ3v) is 5.31. The van der Waals surface area contributed by atoms with Crippen LogP contribution in [0.2, 0.25) is 0 Å². The average Bonchev–Trinajstić information content (AvgIpc) is 2.82. The molecule has 170 valence electrons. The summed E-state index contributed by atoms with van der Waals surface area (Å²) < 4.78 is 5.26. The van der Waals surface area contributed by atoms with Crippen molar-refractivity contribution in [1.82, 2.24) is 15.3 Å². The molecule has 1 atom stereocenters. The minimum Gasteiger partial charge on any atom is -0.497 e. The number of allylic oxidation sites excluding steroid dienone is 2. The molecule has 3 rings (SSSR count). The van der Waals surface area contributed by atoms with E-state index in [1.165, 1.54) is 11.1 Å². The maximum absolute atomic E-state index is 12.4. The number of aromatic nitrogens is 2. The summed E-state index contributed by atoms with van der Waals surface area (Å²) in [6.45, 7) is 4.09. The molecule has 1 aromatic carbocycles. The second-order valence-electron chi connectivity index (χ2n) is 8.08. The SMILES string of the molecule is COc1ccc(C(=CC=CC(=O)N[C@H](C)CCCc2cncc(C)c2)c2cccnc2)cc1. The molecular formula is C28H31N3O2. The van der Waals surface area contributed by atoms with Crippen molar-refractivity contribution in [2.75, 3.05) is 7.11 Å². The summed E-state index contributed by atoms with van der Waals surface area (Å²) in [5, 5.41) is 3.05. The summed E-state index contributed by atoms with van der Waals surface area (Å²) in [5.41, 5.74) is 5.39. The number of ether oxygens (including phenoxy) is 1. The molecule has 0 aliphatic heterocycles. The Labute approximate surface area is 196 Å². The van der Waals surface area contributed by atoms with E-state index in [-0.39, 0.29) is 11.9 Å². The first-order chi connectivity index (χ1) is 16.0. The molecule has 2 heterocycles. The molecule has 0 bridgehead atoms. The number of aryl methyl sites for hydroxylation is 2. The Kier molecular flexibility index (Phi) is 8.95. The Morgan fingerprint density at radius 1 is 1.09 bits per heavy atom. The van der Waals surface area contributed by atoms with Crippen molar-refractivity contribution in [2.45, 2.75) is 39.2 Å². The van der Waals surface area contributed by atoms with Gasteiger partial charge in [-0.2, -0.15) is 0 Å². The minimum absolute atomic E-state index is 0.100. The molecule has 5 nitrogen and oxygen atoms in total. The van der Waals surface area contributed by atoms with Gasteiger partial charge in [-0.1, -0.05) is 36.4 Å². The number of benzene rings is 1. The van der Waals surface area contributed by atoms with Crippen LogP contribution in [0, 0.1) is 6.92 Å². The van der Waals surface area contributed by atoms with E-state index in [0.29, 0.717) is 0 Å². The van der Waals surface area contributed by atoms with Gasteiger partial charge >= 0.3 is 0 Å². The smallest absolute Gasteiger partial charge is 0.244 e. The molecule has 5 heteroatoms. The first kappa shape index (κ1) is 23.9. The number of amides is 1. The number of carbonyl (C=O) groups is 1. The van der Waals surface area contributed by atoms with Crippen LogP contribution >= 0.6 is 0 Å². The van der Waals surface area contributed by atoms with Crippen molar-refractivity contribution < 1.29 is 9.53 Å². The molecule has 0 aliphatic carbocycles. The number of hydrogen-bond donors (Lipinski definition) is 1. The van der Waals surface area contributed by atoms with Crippen molar-refractivity contribution in [3.63, 3.8) is 0 Å². The van der Waals surface area contributed by atoms with E-state index in [9.17, 15) is 4.79 Å². The second-order valence-corrected chi connectivity index (χ2v) is 8.08. The van der Waals surface area contributed by atoms with E-state index >= 15 is 0 Å². The molecule has 0 spiro atoms. The highest BCUT2D eigenvalue weighted by Crippen LogP contribution is 2.25. The highest BCUT2D eigenvalue weighted by Gasteiger charge is 2.07. The third-order valence-electron chi connectivity index (χ3n) is 5.31. The zero-order valence-electron chi connectivity index (χ0n) is 19.5. The van der Waals surface area contributed by atoms with Crippen molar-refractivity contribution in [2.24, 2.45) is 0 Å². The molecule has 3 aromatic rings. The van der Waals surface area contributed by atoms with Crippen LogP contribution in [0.4, 0.5) is 0 Å². The van der Waals surface area contributed by atoms with E-state index in [2.05, 4.69) is 28.3 Å². The van der Waals surface area contributed by atoms with Gasteiger partial charge in [-0.15, -0.1) is 0 Å². The van der Waals surface area contributed by atoms with Crippen LogP contribution in [-0.4, -0.2) is 29.0 Å². The summed E-state index contributed by atoms with van der Waals surface area (Å²) in [7, 11) is 1.65. The van der Waals surface area contributed by atoms with Crippen molar-refractivity contribution in [1.29, 1.82) is 0 Å². The first-order valence-corrected chi connectivity index (χ1v) is 11.2. The Morgan fingerprint density at radius 2 is 1.91 bits per heavy atom. The number of carbonyl (C=O) groups excluding carboxylic acids is 1. The van der Waals surface area contributed by atoms with E-state index in [4.69, 9.17) is 4.74 Å². The zero-order valence-corrected chi connectivity index (χ0v) is 19.5. The van der Waals surface area contributed by atoms with E-state index in [1.54, 1.807) is 25.5 Å². The predicted molar refractivity (Wildman–Crippen MR) is 133 cm³/mol. The minimum atomic E-state index is -0.101. The molecule has 1 amide bonds. The molecule has 0 radical (unpaired) electrons. The lowest BCUT2D eigenvalue weighted by molar-refractivity contribution is -0.117. The van der Waals surface area contributed by atoms with Gasteiger partial charge in [0.2, 0.25) is 5.91 Å². The van der Waals surface area contributed by atoms with Crippen molar-refractivity contribution in [3.8, 4) is 5.75 Å². The molecule has 0 unspecified atom stereocenters. The summed E-state index contributed by atoms with van der Waals surface area (Å²) >= 11 is 0. The van der Waals surface area contributed by atoms with Gasteiger partial charge in [0.15, 0.2) is 0 Å². The van der Waals surface area contributed by atoms with Gasteiger partial charge in [-0.3, -0.25) is 14.8 Å². The van der Waals surface area contributed by atoms with Crippen LogP contribution in [0.15, 0.2) is 85.5 Å². The lowest BCUT2D eigenvalue weighted by Crippen LogP contribution is -2.31. The molecule has 0 aliphatic rings. The highest BCUT2D eigenvalue weighted by atomic mass is 16.5. The summed E-state index contributed by atoms with van der Waals surface area (Å²) in [5.74, 6) is 0.697. The molecular weight excluding hydrogens is 410 g/mol. The predicted octanol–water partition coefficient (Wildman–Crippen LogP) is 5.31. The number of nitrogens with one attached hydrogen (secondary N) is 1. The van der Waals surface area contributed by atoms with Gasteiger partial charge in [0.25, 0.3) is 0 Å². The quantitative estimate of drug-likeness (QED) is 0.342. The standard InChI is InChI=1S/C28H31N3O2/c1-21-17-23(19-30-18-21)8-4-7-22(2)31-28(32)11-5-10-27(25-9-6-16-29-20-25)24-12-14-26(33-3)15-13-24/h5-6,9-20,22H,4,7-8H2,1-3H3,(H,31,32)/t22-/m1/s1. The molecule has 33 heavy (non-hydrogen) atoms. The number of pyridine rings is 2. The topological polar surface area (TPSA) is 64.1 Å². The van der Waals surface area contributed by atoms with Gasteiger partial charge < -0.3 is 10.1 Å². The zero-order chi connectivity index (χ0) is 23.5. The van der Waals surface area contributed by atoms with Crippen LogP contribution in [0.1, 0.15) is 42.0 Å². The van der Waals surface area contributed by atoms with E-state index in [1.807, 2.05) is 68.0 Å².